The van der Waals surface area contributed by atoms with Gasteiger partial charge in [-0.15, -0.1) is 0 Å². The summed E-state index contributed by atoms with van der Waals surface area (Å²) in [7, 11) is 0. The lowest BCUT2D eigenvalue weighted by atomic mass is 9.83. The Morgan fingerprint density at radius 2 is 2.16 bits per heavy atom. The lowest BCUT2D eigenvalue weighted by Crippen LogP contribution is -2.35. The maximum atomic E-state index is 11.2. The zero-order chi connectivity index (χ0) is 13.7. The van der Waals surface area contributed by atoms with Crippen molar-refractivity contribution in [2.24, 2.45) is 0 Å². The molecule has 0 radical (unpaired) electrons. The van der Waals surface area contributed by atoms with Crippen LogP contribution in [0.3, 0.4) is 0 Å². The van der Waals surface area contributed by atoms with Crippen LogP contribution in [0.2, 0.25) is 0 Å². The lowest BCUT2D eigenvalue weighted by Gasteiger charge is -2.29. The minimum atomic E-state index is -0.300. The maximum Gasteiger partial charge on any atom is 0.333 e. The van der Waals surface area contributed by atoms with Crippen LogP contribution in [0.15, 0.2) is 35.5 Å². The summed E-state index contributed by atoms with van der Waals surface area (Å²) in [6, 6.07) is 0.519. The molecule has 0 bridgehead atoms. The van der Waals surface area contributed by atoms with Crippen LogP contribution in [-0.2, 0) is 9.53 Å². The van der Waals surface area contributed by atoms with E-state index in [9.17, 15) is 4.79 Å². The van der Waals surface area contributed by atoms with Gasteiger partial charge in [-0.2, -0.15) is 0 Å². The maximum absolute atomic E-state index is 11.2. The van der Waals surface area contributed by atoms with E-state index in [4.69, 9.17) is 4.74 Å². The molecule has 1 saturated carbocycles. The van der Waals surface area contributed by atoms with Crippen LogP contribution in [0.5, 0.6) is 0 Å². The molecule has 2 aliphatic rings. The summed E-state index contributed by atoms with van der Waals surface area (Å²) in [5.74, 6) is -0.300. The molecule has 0 saturated heterocycles. The van der Waals surface area contributed by atoms with Crippen LogP contribution < -0.4 is 5.32 Å². The molecule has 0 aromatic heterocycles. The van der Waals surface area contributed by atoms with Gasteiger partial charge in [0.2, 0.25) is 0 Å². The van der Waals surface area contributed by atoms with Gasteiger partial charge in [0.25, 0.3) is 0 Å². The van der Waals surface area contributed by atoms with Gasteiger partial charge in [0, 0.05) is 18.2 Å². The number of hydrogen-bond donors (Lipinski definition) is 1. The number of carbonyl (C=O) groups is 1. The molecule has 104 valence electrons. The summed E-state index contributed by atoms with van der Waals surface area (Å²) in [6.45, 7) is 6.37. The summed E-state index contributed by atoms with van der Waals surface area (Å²) < 4.78 is 5.07. The van der Waals surface area contributed by atoms with Gasteiger partial charge in [-0.3, -0.25) is 0 Å². The lowest BCUT2D eigenvalue weighted by molar-refractivity contribution is -0.138. The van der Waals surface area contributed by atoms with E-state index in [1.165, 1.54) is 31.3 Å². The van der Waals surface area contributed by atoms with E-state index in [2.05, 4.69) is 24.0 Å². The molecule has 19 heavy (non-hydrogen) atoms. The molecule has 0 amide bonds. The molecule has 3 heteroatoms. The molecule has 0 spiro atoms. The molecule has 1 unspecified atom stereocenters. The van der Waals surface area contributed by atoms with E-state index in [1.807, 2.05) is 0 Å². The predicted molar refractivity (Wildman–Crippen MR) is 76.8 cm³/mol. The van der Waals surface area contributed by atoms with E-state index in [1.54, 1.807) is 12.5 Å². The highest BCUT2D eigenvalue weighted by Crippen LogP contribution is 2.32. The first-order valence-electron chi connectivity index (χ1n) is 7.11. The van der Waals surface area contributed by atoms with Crippen molar-refractivity contribution in [3.63, 3.8) is 0 Å². The summed E-state index contributed by atoms with van der Waals surface area (Å²) in [6.07, 6.45) is 10.6. The van der Waals surface area contributed by atoms with Gasteiger partial charge in [0.1, 0.15) is 6.61 Å². The molecular weight excluding hydrogens is 238 g/mol. The van der Waals surface area contributed by atoms with Crippen molar-refractivity contribution in [3.05, 3.63) is 35.5 Å². The molecule has 1 N–H and O–H groups in total. The van der Waals surface area contributed by atoms with Crippen molar-refractivity contribution < 1.29 is 9.53 Å². The molecule has 0 aromatic rings. The van der Waals surface area contributed by atoms with Gasteiger partial charge in [0.15, 0.2) is 0 Å². The van der Waals surface area contributed by atoms with E-state index >= 15 is 0 Å². The van der Waals surface area contributed by atoms with E-state index in [0.717, 1.165) is 13.0 Å². The number of hydrogen-bond acceptors (Lipinski definition) is 3. The smallest absolute Gasteiger partial charge is 0.333 e. The van der Waals surface area contributed by atoms with Crippen molar-refractivity contribution >= 4 is 5.97 Å². The van der Waals surface area contributed by atoms with Gasteiger partial charge >= 0.3 is 5.97 Å². The quantitative estimate of drug-likeness (QED) is 0.470. The van der Waals surface area contributed by atoms with Crippen LogP contribution in [-0.4, -0.2) is 25.2 Å². The Kier molecular flexibility index (Phi) is 4.97. The third kappa shape index (κ3) is 4.06. The molecule has 1 fully saturated rings. The number of nitrogens with one attached hydrogen (secondary N) is 1. The van der Waals surface area contributed by atoms with Crippen LogP contribution in [0.4, 0.5) is 0 Å². The normalized spacial score (nSPS) is 22.1. The highest BCUT2D eigenvalue weighted by atomic mass is 16.5. The monoisotopic (exact) mass is 261 g/mol. The minimum absolute atomic E-state index is 0.300. The first-order valence-corrected chi connectivity index (χ1v) is 7.11. The van der Waals surface area contributed by atoms with Gasteiger partial charge in [-0.1, -0.05) is 18.7 Å². The molecule has 0 heterocycles. The third-order valence-electron chi connectivity index (χ3n) is 3.71. The Labute approximate surface area is 115 Å². The molecule has 2 aliphatic carbocycles. The largest absolute Gasteiger partial charge is 0.461 e. The molecule has 3 nitrogen and oxygen atoms in total. The SMILES string of the molecule is C=C(C)C(=O)OCCNC1CCC2=CCCC=C2C1. The van der Waals surface area contributed by atoms with Gasteiger partial charge < -0.3 is 10.1 Å². The number of allylic oxidation sites excluding steroid dienone is 3. The van der Waals surface area contributed by atoms with Crippen LogP contribution in [0.1, 0.15) is 39.0 Å². The second kappa shape index (κ2) is 6.71. The number of rotatable bonds is 5. The molecular formula is C16H23NO2. The highest BCUT2D eigenvalue weighted by Gasteiger charge is 2.21. The zero-order valence-electron chi connectivity index (χ0n) is 11.7. The number of fused-ring (bicyclic) bond motifs is 1. The van der Waals surface area contributed by atoms with Crippen molar-refractivity contribution in [2.45, 2.75) is 45.1 Å². The standard InChI is InChI=1S/C16H23NO2/c1-12(2)16(18)19-10-9-17-15-8-7-13-5-3-4-6-14(13)11-15/h5-6,15,17H,1,3-4,7-11H2,2H3. The van der Waals surface area contributed by atoms with Gasteiger partial charge in [0.05, 0.1) is 0 Å². The number of carbonyl (C=O) groups excluding carboxylic acids is 1. The summed E-state index contributed by atoms with van der Waals surface area (Å²) in [5, 5.41) is 3.47. The summed E-state index contributed by atoms with van der Waals surface area (Å²) >= 11 is 0. The Hall–Kier alpha value is -1.35. The Morgan fingerprint density at radius 3 is 2.89 bits per heavy atom. The first-order chi connectivity index (χ1) is 9.16. The fourth-order valence-corrected chi connectivity index (χ4v) is 2.66. The van der Waals surface area contributed by atoms with E-state index < -0.39 is 0 Å². The Morgan fingerprint density at radius 1 is 1.42 bits per heavy atom. The molecule has 2 rings (SSSR count). The average molecular weight is 261 g/mol. The predicted octanol–water partition coefficient (Wildman–Crippen LogP) is 2.89. The van der Waals surface area contributed by atoms with Gasteiger partial charge in [-0.25, -0.2) is 4.79 Å². The molecule has 1 atom stereocenters. The van der Waals surface area contributed by atoms with E-state index in [0.29, 0.717) is 18.2 Å². The highest BCUT2D eigenvalue weighted by molar-refractivity contribution is 5.86. The van der Waals surface area contributed by atoms with Crippen LogP contribution in [0.25, 0.3) is 0 Å². The number of ether oxygens (including phenoxy) is 1. The van der Waals surface area contributed by atoms with Crippen LogP contribution >= 0.6 is 0 Å². The topological polar surface area (TPSA) is 38.3 Å². The summed E-state index contributed by atoms with van der Waals surface area (Å²) in [5.41, 5.74) is 3.53. The Balaban J connectivity index is 1.67. The van der Waals surface area contributed by atoms with E-state index in [-0.39, 0.29) is 5.97 Å². The Bertz CT molecular complexity index is 420. The second-order valence-electron chi connectivity index (χ2n) is 5.35. The summed E-state index contributed by atoms with van der Waals surface area (Å²) in [4.78, 5) is 11.2. The zero-order valence-corrected chi connectivity index (χ0v) is 11.7. The minimum Gasteiger partial charge on any atom is -0.461 e. The van der Waals surface area contributed by atoms with Crippen molar-refractivity contribution in [2.75, 3.05) is 13.2 Å². The second-order valence-corrected chi connectivity index (χ2v) is 5.35. The average Bonchev–Trinajstić information content (AvgIpc) is 2.43. The number of esters is 1. The molecule has 0 aliphatic heterocycles. The fourth-order valence-electron chi connectivity index (χ4n) is 2.66. The van der Waals surface area contributed by atoms with Crippen molar-refractivity contribution in [1.29, 1.82) is 0 Å². The third-order valence-corrected chi connectivity index (χ3v) is 3.71. The van der Waals surface area contributed by atoms with Crippen molar-refractivity contribution in [3.8, 4) is 0 Å². The first kappa shape index (κ1) is 14.1. The fraction of sp³-hybridized carbons (Fsp3) is 0.562. The van der Waals surface area contributed by atoms with Crippen molar-refractivity contribution in [1.82, 2.24) is 5.32 Å². The molecule has 0 aromatic carbocycles. The van der Waals surface area contributed by atoms with Gasteiger partial charge in [-0.05, 0) is 50.2 Å². The van der Waals surface area contributed by atoms with Crippen LogP contribution in [0, 0.1) is 0 Å².